The largest absolute Gasteiger partial charge is 0.454 e. The van der Waals surface area contributed by atoms with Crippen LogP contribution in [0, 0.1) is 5.82 Å². The van der Waals surface area contributed by atoms with Crippen molar-refractivity contribution in [1.82, 2.24) is 10.2 Å². The average Bonchev–Trinajstić information content (AvgIpc) is 3.10. The lowest BCUT2D eigenvalue weighted by Gasteiger charge is -2.23. The zero-order valence-electron chi connectivity index (χ0n) is 14.8. The van der Waals surface area contributed by atoms with Gasteiger partial charge in [-0.1, -0.05) is 18.2 Å². The van der Waals surface area contributed by atoms with Crippen molar-refractivity contribution in [2.24, 2.45) is 4.99 Å². The fraction of sp³-hybridized carbons (Fsp3) is 0.316. The highest BCUT2D eigenvalue weighted by Crippen LogP contribution is 2.32. The van der Waals surface area contributed by atoms with Gasteiger partial charge in [-0.15, -0.1) is 0 Å². The predicted molar refractivity (Wildman–Crippen MR) is 96.8 cm³/mol. The van der Waals surface area contributed by atoms with Crippen molar-refractivity contribution in [2.75, 3.05) is 27.4 Å². The molecule has 3 rings (SSSR count). The Bertz CT molecular complexity index is 780. The third-order valence-corrected chi connectivity index (χ3v) is 4.14. The van der Waals surface area contributed by atoms with Gasteiger partial charge < -0.3 is 24.8 Å². The van der Waals surface area contributed by atoms with Crippen LogP contribution in [-0.4, -0.2) is 43.4 Å². The van der Waals surface area contributed by atoms with Crippen LogP contribution in [0.1, 0.15) is 17.2 Å². The van der Waals surface area contributed by atoms with Gasteiger partial charge in [0.2, 0.25) is 6.79 Å². The third-order valence-electron chi connectivity index (χ3n) is 4.14. The predicted octanol–water partition coefficient (Wildman–Crippen LogP) is 2.30. The molecule has 0 spiro atoms. The molecule has 1 unspecified atom stereocenters. The van der Waals surface area contributed by atoms with Gasteiger partial charge in [0.15, 0.2) is 17.5 Å². The van der Waals surface area contributed by atoms with Crippen LogP contribution in [0.25, 0.3) is 0 Å². The number of benzene rings is 2. The molecule has 0 saturated carbocycles. The van der Waals surface area contributed by atoms with Crippen LogP contribution in [0.15, 0.2) is 47.5 Å². The molecule has 0 aromatic heterocycles. The lowest BCUT2D eigenvalue weighted by Crippen LogP contribution is -2.40. The molecule has 0 fully saturated rings. The Balaban J connectivity index is 1.57. The fourth-order valence-electron chi connectivity index (χ4n) is 2.76. The highest BCUT2D eigenvalue weighted by atomic mass is 19.1. The van der Waals surface area contributed by atoms with Crippen molar-refractivity contribution in [3.8, 4) is 11.5 Å². The first-order chi connectivity index (χ1) is 12.6. The summed E-state index contributed by atoms with van der Waals surface area (Å²) in [6, 6.07) is 11.6. The molecule has 1 heterocycles. The number of ether oxygens (including phenoxy) is 2. The van der Waals surface area contributed by atoms with Crippen molar-refractivity contribution in [2.45, 2.75) is 12.6 Å². The van der Waals surface area contributed by atoms with Crippen LogP contribution in [-0.2, 0) is 6.54 Å². The van der Waals surface area contributed by atoms with Crippen LogP contribution < -0.4 is 14.8 Å². The number of fused-ring (bicyclic) bond motifs is 1. The Morgan fingerprint density at radius 3 is 2.69 bits per heavy atom. The fourth-order valence-corrected chi connectivity index (χ4v) is 2.76. The molecular formula is C19H22FN3O3. The van der Waals surface area contributed by atoms with Crippen molar-refractivity contribution in [1.29, 1.82) is 0 Å². The molecule has 0 aliphatic carbocycles. The van der Waals surface area contributed by atoms with Crippen LogP contribution in [0.3, 0.4) is 0 Å². The molecule has 1 aliphatic rings. The number of nitrogens with one attached hydrogen (secondary N) is 1. The van der Waals surface area contributed by atoms with E-state index in [1.54, 1.807) is 19.2 Å². The van der Waals surface area contributed by atoms with Crippen LogP contribution in [0.5, 0.6) is 11.5 Å². The van der Waals surface area contributed by atoms with Gasteiger partial charge in [-0.25, -0.2) is 4.39 Å². The second-order valence-electron chi connectivity index (χ2n) is 6.04. The quantitative estimate of drug-likeness (QED) is 0.633. The molecule has 1 atom stereocenters. The molecule has 0 bridgehead atoms. The number of aliphatic imine (C=N–C) groups is 1. The molecule has 6 nitrogen and oxygen atoms in total. The molecule has 7 heteroatoms. The van der Waals surface area contributed by atoms with Crippen molar-refractivity contribution in [3.63, 3.8) is 0 Å². The van der Waals surface area contributed by atoms with Gasteiger partial charge in [0.25, 0.3) is 0 Å². The second kappa shape index (κ2) is 8.05. The summed E-state index contributed by atoms with van der Waals surface area (Å²) in [4.78, 5) is 6.18. The minimum atomic E-state index is -0.758. The van der Waals surface area contributed by atoms with Gasteiger partial charge in [0.1, 0.15) is 5.82 Å². The van der Waals surface area contributed by atoms with Crippen molar-refractivity contribution < 1.29 is 19.0 Å². The van der Waals surface area contributed by atoms with Gasteiger partial charge in [-0.05, 0) is 35.4 Å². The molecular weight excluding hydrogens is 337 g/mol. The summed E-state index contributed by atoms with van der Waals surface area (Å²) in [7, 11) is 3.59. The average molecular weight is 359 g/mol. The summed E-state index contributed by atoms with van der Waals surface area (Å²) in [5.41, 5.74) is 1.70. The minimum Gasteiger partial charge on any atom is -0.454 e. The summed E-state index contributed by atoms with van der Waals surface area (Å²) in [5, 5.41) is 13.4. The molecule has 2 N–H and O–H groups in total. The number of hydrogen-bond acceptors (Lipinski definition) is 4. The highest BCUT2D eigenvalue weighted by molar-refractivity contribution is 5.79. The Morgan fingerprint density at radius 1 is 1.23 bits per heavy atom. The van der Waals surface area contributed by atoms with Gasteiger partial charge in [0.05, 0.1) is 6.10 Å². The third kappa shape index (κ3) is 4.23. The summed E-state index contributed by atoms with van der Waals surface area (Å²) in [6.45, 7) is 1.13. The molecule has 138 valence electrons. The highest BCUT2D eigenvalue weighted by Gasteiger charge is 2.15. The summed E-state index contributed by atoms with van der Waals surface area (Å²) < 4.78 is 23.7. The molecule has 1 aliphatic heterocycles. The first kappa shape index (κ1) is 18.0. The normalized spacial score (nSPS) is 14.2. The first-order valence-corrected chi connectivity index (χ1v) is 8.30. The van der Waals surface area contributed by atoms with E-state index in [1.807, 2.05) is 30.1 Å². The monoisotopic (exact) mass is 359 g/mol. The number of guanidine groups is 1. The first-order valence-electron chi connectivity index (χ1n) is 8.30. The van der Waals surface area contributed by atoms with Crippen molar-refractivity contribution in [3.05, 3.63) is 59.4 Å². The van der Waals surface area contributed by atoms with E-state index in [-0.39, 0.29) is 19.2 Å². The molecule has 2 aromatic carbocycles. The maximum absolute atomic E-state index is 13.0. The number of nitrogens with zero attached hydrogens (tertiary/aromatic N) is 2. The van der Waals surface area contributed by atoms with Crippen LogP contribution in [0.2, 0.25) is 0 Å². The van der Waals surface area contributed by atoms with E-state index in [0.717, 1.165) is 17.1 Å². The molecule has 0 radical (unpaired) electrons. The Hall–Kier alpha value is -2.80. The Kier molecular flexibility index (Phi) is 5.58. The van der Waals surface area contributed by atoms with E-state index in [9.17, 15) is 9.50 Å². The van der Waals surface area contributed by atoms with E-state index in [1.165, 1.54) is 12.1 Å². The smallest absolute Gasteiger partial charge is 0.231 e. The number of aliphatic hydroxyl groups is 1. The van der Waals surface area contributed by atoms with E-state index < -0.39 is 6.10 Å². The maximum Gasteiger partial charge on any atom is 0.231 e. The summed E-state index contributed by atoms with van der Waals surface area (Å²) in [6.07, 6.45) is -0.758. The van der Waals surface area contributed by atoms with E-state index >= 15 is 0 Å². The van der Waals surface area contributed by atoms with Gasteiger partial charge in [-0.2, -0.15) is 0 Å². The SMILES string of the molecule is CN=C(NCC(O)c1ccc(F)cc1)N(C)Cc1ccc2c(c1)OCO2. The standard InChI is InChI=1S/C19H22FN3O3/c1-21-19(22-10-16(24)14-4-6-15(20)7-5-14)23(2)11-13-3-8-17-18(9-13)26-12-25-17/h3-9,16,24H,10-12H2,1-2H3,(H,21,22). The van der Waals surface area contributed by atoms with E-state index in [2.05, 4.69) is 10.3 Å². The number of rotatable bonds is 5. The summed E-state index contributed by atoms with van der Waals surface area (Å²) >= 11 is 0. The van der Waals surface area contributed by atoms with Gasteiger partial charge in [-0.3, -0.25) is 4.99 Å². The topological polar surface area (TPSA) is 66.3 Å². The number of hydrogen-bond donors (Lipinski definition) is 2. The summed E-state index contributed by atoms with van der Waals surface area (Å²) in [5.74, 6) is 1.81. The van der Waals surface area contributed by atoms with Crippen LogP contribution >= 0.6 is 0 Å². The molecule has 26 heavy (non-hydrogen) atoms. The maximum atomic E-state index is 13.0. The second-order valence-corrected chi connectivity index (χ2v) is 6.04. The zero-order chi connectivity index (χ0) is 18.5. The lowest BCUT2D eigenvalue weighted by atomic mass is 10.1. The van der Waals surface area contributed by atoms with E-state index in [0.29, 0.717) is 18.1 Å². The van der Waals surface area contributed by atoms with E-state index in [4.69, 9.17) is 9.47 Å². The molecule has 2 aromatic rings. The molecule has 0 amide bonds. The Morgan fingerprint density at radius 2 is 1.96 bits per heavy atom. The van der Waals surface area contributed by atoms with Crippen LogP contribution in [0.4, 0.5) is 4.39 Å². The number of halogens is 1. The van der Waals surface area contributed by atoms with Gasteiger partial charge >= 0.3 is 0 Å². The lowest BCUT2D eigenvalue weighted by molar-refractivity contribution is 0.174. The minimum absolute atomic E-state index is 0.249. The molecule has 0 saturated heterocycles. The van der Waals surface area contributed by atoms with Gasteiger partial charge in [0, 0.05) is 27.2 Å². The van der Waals surface area contributed by atoms with Crippen molar-refractivity contribution >= 4 is 5.96 Å². The number of aliphatic hydroxyl groups excluding tert-OH is 1. The Labute approximate surface area is 151 Å². The zero-order valence-corrected chi connectivity index (χ0v) is 14.8.